The van der Waals surface area contributed by atoms with E-state index in [1.807, 2.05) is 0 Å². The van der Waals surface area contributed by atoms with Crippen molar-refractivity contribution in [3.8, 4) is 6.07 Å². The number of hydrogen-bond donors (Lipinski definition) is 1. The Morgan fingerprint density at radius 2 is 2.15 bits per heavy atom. The van der Waals surface area contributed by atoms with Gasteiger partial charge < -0.3 is 5.32 Å². The van der Waals surface area contributed by atoms with E-state index < -0.39 is 5.67 Å². The topological polar surface area (TPSA) is 52.9 Å². The highest BCUT2D eigenvalue weighted by Crippen LogP contribution is 2.32. The van der Waals surface area contributed by atoms with Gasteiger partial charge in [-0.15, -0.1) is 0 Å². The van der Waals surface area contributed by atoms with Gasteiger partial charge in [-0.2, -0.15) is 5.26 Å². The molecular weight excluding hydrogens is 171 g/mol. The van der Waals surface area contributed by atoms with Crippen molar-refractivity contribution >= 4 is 5.91 Å². The summed E-state index contributed by atoms with van der Waals surface area (Å²) < 4.78 is 13.6. The second-order valence-corrected chi connectivity index (χ2v) is 3.47. The Bertz CT molecular complexity index is 228. The van der Waals surface area contributed by atoms with Crippen molar-refractivity contribution in [3.05, 3.63) is 0 Å². The number of halogens is 1. The summed E-state index contributed by atoms with van der Waals surface area (Å²) in [6.07, 6.45) is 2.66. The van der Waals surface area contributed by atoms with Gasteiger partial charge in [-0.05, 0) is 12.8 Å². The fourth-order valence-corrected chi connectivity index (χ4v) is 1.58. The van der Waals surface area contributed by atoms with Crippen LogP contribution in [0.3, 0.4) is 0 Å². The van der Waals surface area contributed by atoms with Crippen molar-refractivity contribution in [2.24, 2.45) is 0 Å². The molecule has 1 amide bonds. The van der Waals surface area contributed by atoms with Gasteiger partial charge in [-0.25, -0.2) is 4.39 Å². The molecule has 0 radical (unpaired) electrons. The van der Waals surface area contributed by atoms with Crippen molar-refractivity contribution in [2.45, 2.75) is 37.8 Å². The second-order valence-electron chi connectivity index (χ2n) is 3.47. The lowest BCUT2D eigenvalue weighted by molar-refractivity contribution is -0.120. The number of carbonyl (C=O) groups is 1. The Balaban J connectivity index is 2.25. The molecule has 4 heteroatoms. The van der Waals surface area contributed by atoms with E-state index in [9.17, 15) is 9.18 Å². The van der Waals surface area contributed by atoms with Crippen LogP contribution < -0.4 is 5.32 Å². The number of amides is 1. The highest BCUT2D eigenvalue weighted by atomic mass is 19.1. The number of hydrogen-bond acceptors (Lipinski definition) is 2. The van der Waals surface area contributed by atoms with E-state index in [1.165, 1.54) is 0 Å². The van der Waals surface area contributed by atoms with E-state index in [4.69, 9.17) is 5.26 Å². The fourth-order valence-electron chi connectivity index (χ4n) is 1.58. The van der Waals surface area contributed by atoms with Gasteiger partial charge in [-0.3, -0.25) is 4.79 Å². The maximum atomic E-state index is 13.6. The smallest absolute Gasteiger partial charge is 0.234 e. The minimum atomic E-state index is -1.22. The van der Waals surface area contributed by atoms with Crippen molar-refractivity contribution in [3.63, 3.8) is 0 Å². The first-order valence-electron chi connectivity index (χ1n) is 4.49. The van der Waals surface area contributed by atoms with Crippen LogP contribution >= 0.6 is 0 Å². The summed E-state index contributed by atoms with van der Waals surface area (Å²) in [5.41, 5.74) is -1.22. The van der Waals surface area contributed by atoms with E-state index in [0.29, 0.717) is 12.8 Å². The van der Waals surface area contributed by atoms with Gasteiger partial charge >= 0.3 is 0 Å². The molecule has 0 saturated heterocycles. The number of nitrogens with zero attached hydrogens (tertiary/aromatic N) is 1. The Kier molecular flexibility index (Phi) is 3.24. The van der Waals surface area contributed by atoms with Gasteiger partial charge in [0.15, 0.2) is 0 Å². The van der Waals surface area contributed by atoms with Crippen molar-refractivity contribution in [1.82, 2.24) is 5.32 Å². The normalized spacial score (nSPS) is 19.4. The molecule has 1 N–H and O–H groups in total. The zero-order valence-corrected chi connectivity index (χ0v) is 7.48. The van der Waals surface area contributed by atoms with Crippen LogP contribution in [0.5, 0.6) is 0 Å². The highest BCUT2D eigenvalue weighted by molar-refractivity contribution is 5.78. The van der Waals surface area contributed by atoms with Gasteiger partial charge in [0, 0.05) is 0 Å². The predicted molar refractivity (Wildman–Crippen MR) is 45.5 cm³/mol. The largest absolute Gasteiger partial charge is 0.352 e. The number of nitriles is 1. The molecule has 1 saturated carbocycles. The molecule has 13 heavy (non-hydrogen) atoms. The average molecular weight is 184 g/mol. The molecule has 1 fully saturated rings. The van der Waals surface area contributed by atoms with Crippen LogP contribution in [-0.2, 0) is 4.79 Å². The van der Waals surface area contributed by atoms with E-state index in [2.05, 4.69) is 5.32 Å². The minimum absolute atomic E-state index is 0.0630. The molecule has 0 aromatic heterocycles. The zero-order valence-electron chi connectivity index (χ0n) is 7.48. The predicted octanol–water partition coefficient (Wildman–Crippen LogP) is 1.30. The van der Waals surface area contributed by atoms with Crippen LogP contribution in [-0.4, -0.2) is 18.1 Å². The lowest BCUT2D eigenvalue weighted by Gasteiger charge is -2.18. The fraction of sp³-hybridized carbons (Fsp3) is 0.778. The monoisotopic (exact) mass is 184 g/mol. The Morgan fingerprint density at radius 3 is 2.69 bits per heavy atom. The third-order valence-corrected chi connectivity index (χ3v) is 2.34. The van der Waals surface area contributed by atoms with Crippen molar-refractivity contribution in [1.29, 1.82) is 5.26 Å². The minimum Gasteiger partial charge on any atom is -0.352 e. The summed E-state index contributed by atoms with van der Waals surface area (Å²) in [7, 11) is 0. The van der Waals surface area contributed by atoms with Gasteiger partial charge in [0.2, 0.25) is 5.91 Å². The van der Waals surface area contributed by atoms with Crippen LogP contribution in [0.25, 0.3) is 0 Å². The lowest BCUT2D eigenvalue weighted by Crippen LogP contribution is -2.37. The molecular formula is C9H13FN2O. The van der Waals surface area contributed by atoms with Crippen molar-refractivity contribution in [2.75, 3.05) is 6.54 Å². The van der Waals surface area contributed by atoms with Crippen molar-refractivity contribution < 1.29 is 9.18 Å². The molecule has 1 aliphatic carbocycles. The van der Waals surface area contributed by atoms with Crippen LogP contribution in [0.1, 0.15) is 32.1 Å². The van der Waals surface area contributed by atoms with E-state index in [-0.39, 0.29) is 18.9 Å². The molecule has 0 heterocycles. The molecule has 1 rings (SSSR count). The molecule has 0 bridgehead atoms. The third-order valence-electron chi connectivity index (χ3n) is 2.34. The van der Waals surface area contributed by atoms with Gasteiger partial charge in [0.1, 0.15) is 12.1 Å². The molecule has 3 nitrogen and oxygen atoms in total. The zero-order chi connectivity index (χ0) is 9.73. The Labute approximate surface area is 76.9 Å². The summed E-state index contributed by atoms with van der Waals surface area (Å²) in [6, 6.07) is 1.72. The molecule has 0 atom stereocenters. The summed E-state index contributed by atoms with van der Waals surface area (Å²) in [5.74, 6) is -0.383. The standard InChI is InChI=1S/C9H13FN2O/c10-9(4-1-2-5-9)7-12-8(13)3-6-11/h1-5,7H2,(H,12,13). The first kappa shape index (κ1) is 9.97. The van der Waals surface area contributed by atoms with Gasteiger partial charge in [0.25, 0.3) is 0 Å². The lowest BCUT2D eigenvalue weighted by atomic mass is 10.1. The van der Waals surface area contributed by atoms with Crippen LogP contribution in [0, 0.1) is 11.3 Å². The van der Waals surface area contributed by atoms with E-state index in [0.717, 1.165) is 12.8 Å². The maximum absolute atomic E-state index is 13.6. The molecule has 0 unspecified atom stereocenters. The summed E-state index contributed by atoms with van der Waals surface area (Å²) in [6.45, 7) is 0.0630. The average Bonchev–Trinajstić information content (AvgIpc) is 2.51. The van der Waals surface area contributed by atoms with Crippen LogP contribution in [0.4, 0.5) is 4.39 Å². The highest BCUT2D eigenvalue weighted by Gasteiger charge is 2.33. The van der Waals surface area contributed by atoms with Gasteiger partial charge in [-0.1, -0.05) is 12.8 Å². The number of carbonyl (C=O) groups excluding carboxylic acids is 1. The number of alkyl halides is 1. The van der Waals surface area contributed by atoms with E-state index in [1.54, 1.807) is 6.07 Å². The molecule has 0 aromatic rings. The quantitative estimate of drug-likeness (QED) is 0.718. The molecule has 72 valence electrons. The Hall–Kier alpha value is -1.11. The van der Waals surface area contributed by atoms with Crippen LogP contribution in [0.2, 0.25) is 0 Å². The number of nitrogens with one attached hydrogen (secondary N) is 1. The summed E-state index contributed by atoms with van der Waals surface area (Å²) in [5, 5.41) is 10.6. The van der Waals surface area contributed by atoms with Gasteiger partial charge in [0.05, 0.1) is 12.6 Å². The molecule has 1 aliphatic rings. The molecule has 0 aromatic carbocycles. The van der Waals surface area contributed by atoms with E-state index >= 15 is 0 Å². The SMILES string of the molecule is N#CCC(=O)NCC1(F)CCCC1. The summed E-state index contributed by atoms with van der Waals surface area (Å²) in [4.78, 5) is 10.8. The Morgan fingerprint density at radius 1 is 1.54 bits per heavy atom. The first-order valence-corrected chi connectivity index (χ1v) is 4.49. The molecule has 0 aliphatic heterocycles. The number of rotatable bonds is 3. The summed E-state index contributed by atoms with van der Waals surface area (Å²) >= 11 is 0. The third kappa shape index (κ3) is 3.02. The molecule has 0 spiro atoms. The van der Waals surface area contributed by atoms with Crippen LogP contribution in [0.15, 0.2) is 0 Å². The second kappa shape index (κ2) is 4.22. The maximum Gasteiger partial charge on any atom is 0.234 e. The first-order chi connectivity index (χ1) is 6.16.